The third kappa shape index (κ3) is 1.97. The lowest BCUT2D eigenvalue weighted by molar-refractivity contribution is 0.0938. The average Bonchev–Trinajstić information content (AvgIpc) is 2.77. The first-order valence-corrected chi connectivity index (χ1v) is 5.67. The van der Waals surface area contributed by atoms with Crippen LogP contribution in [-0.4, -0.2) is 25.0 Å². The summed E-state index contributed by atoms with van der Waals surface area (Å²) in [6.07, 6.45) is 1.00. The molecule has 1 aromatic heterocycles. The van der Waals surface area contributed by atoms with Gasteiger partial charge in [0, 0.05) is 18.2 Å². The molecule has 2 heterocycles. The molecule has 4 nitrogen and oxygen atoms in total. The highest BCUT2D eigenvalue weighted by molar-refractivity contribution is 5.97. The molecule has 88 valence electrons. The van der Waals surface area contributed by atoms with E-state index in [9.17, 15) is 4.79 Å². The Morgan fingerprint density at radius 1 is 1.38 bits per heavy atom. The molecule has 0 spiro atoms. The Morgan fingerprint density at radius 2 is 2.12 bits per heavy atom. The van der Waals surface area contributed by atoms with Gasteiger partial charge in [0.25, 0.3) is 5.91 Å². The monoisotopic (exact) mass is 222 g/mol. The summed E-state index contributed by atoms with van der Waals surface area (Å²) >= 11 is 0. The highest BCUT2D eigenvalue weighted by Gasteiger charge is 2.22. The molecule has 1 amide bonds. The Hall–Kier alpha value is -1.29. The van der Waals surface area contributed by atoms with Crippen LogP contribution in [0.1, 0.15) is 33.9 Å². The normalized spacial score (nSPS) is 20.1. The third-order valence-electron chi connectivity index (χ3n) is 3.18. The van der Waals surface area contributed by atoms with E-state index >= 15 is 0 Å². The molecular weight excluding hydrogens is 204 g/mol. The Morgan fingerprint density at radius 3 is 2.62 bits per heavy atom. The van der Waals surface area contributed by atoms with Gasteiger partial charge in [-0.25, -0.2) is 0 Å². The van der Waals surface area contributed by atoms with Crippen molar-refractivity contribution in [3.8, 4) is 0 Å². The second-order valence-electron chi connectivity index (χ2n) is 4.38. The molecular formula is C12H18N2O2. The molecule has 1 aliphatic heterocycles. The minimum Gasteiger partial charge on any atom is -0.466 e. The number of carbonyl (C=O) groups is 1. The molecule has 1 fully saturated rings. The smallest absolute Gasteiger partial charge is 0.255 e. The fourth-order valence-corrected chi connectivity index (χ4v) is 2.16. The lowest BCUT2D eigenvalue weighted by atomic mass is 10.1. The second kappa shape index (κ2) is 4.29. The highest BCUT2D eigenvalue weighted by atomic mass is 16.3. The Bertz CT molecular complexity index is 403. The number of rotatable bonds is 2. The van der Waals surface area contributed by atoms with Crippen molar-refractivity contribution in [2.24, 2.45) is 0 Å². The van der Waals surface area contributed by atoms with Crippen LogP contribution in [0.5, 0.6) is 0 Å². The summed E-state index contributed by atoms with van der Waals surface area (Å²) in [6.45, 7) is 7.49. The fourth-order valence-electron chi connectivity index (χ4n) is 2.16. The van der Waals surface area contributed by atoms with E-state index in [-0.39, 0.29) is 11.9 Å². The topological polar surface area (TPSA) is 54.3 Å². The van der Waals surface area contributed by atoms with Gasteiger partial charge in [-0.3, -0.25) is 4.79 Å². The van der Waals surface area contributed by atoms with Gasteiger partial charge in [-0.15, -0.1) is 0 Å². The molecule has 1 saturated heterocycles. The lowest BCUT2D eigenvalue weighted by Gasteiger charge is -2.11. The molecule has 4 heteroatoms. The SMILES string of the molecule is Cc1oc(C)c(C(=O)N[C@@H]2CCNC2)c1C. The van der Waals surface area contributed by atoms with Gasteiger partial charge in [-0.05, 0) is 33.7 Å². The average molecular weight is 222 g/mol. The molecule has 0 aliphatic carbocycles. The van der Waals surface area contributed by atoms with Crippen molar-refractivity contribution in [2.75, 3.05) is 13.1 Å². The van der Waals surface area contributed by atoms with Crippen LogP contribution in [0.15, 0.2) is 4.42 Å². The quantitative estimate of drug-likeness (QED) is 0.793. The predicted octanol–water partition coefficient (Wildman–Crippen LogP) is 1.30. The van der Waals surface area contributed by atoms with E-state index in [0.29, 0.717) is 11.3 Å². The van der Waals surface area contributed by atoms with Crippen LogP contribution in [-0.2, 0) is 0 Å². The largest absolute Gasteiger partial charge is 0.466 e. The summed E-state index contributed by atoms with van der Waals surface area (Å²) in [5, 5.41) is 6.25. The number of hydrogen-bond acceptors (Lipinski definition) is 3. The van der Waals surface area contributed by atoms with E-state index in [0.717, 1.165) is 30.8 Å². The van der Waals surface area contributed by atoms with E-state index < -0.39 is 0 Å². The molecule has 0 bridgehead atoms. The molecule has 0 unspecified atom stereocenters. The van der Waals surface area contributed by atoms with E-state index in [1.165, 1.54) is 0 Å². The van der Waals surface area contributed by atoms with Crippen LogP contribution in [0.2, 0.25) is 0 Å². The van der Waals surface area contributed by atoms with Crippen LogP contribution in [0, 0.1) is 20.8 Å². The molecule has 2 N–H and O–H groups in total. The number of nitrogens with one attached hydrogen (secondary N) is 2. The van der Waals surface area contributed by atoms with Crippen molar-refractivity contribution in [3.05, 3.63) is 22.6 Å². The number of hydrogen-bond donors (Lipinski definition) is 2. The zero-order valence-corrected chi connectivity index (χ0v) is 10.0. The summed E-state index contributed by atoms with van der Waals surface area (Å²) in [6, 6.07) is 0.251. The first-order chi connectivity index (χ1) is 7.59. The molecule has 0 aromatic carbocycles. The fraction of sp³-hybridized carbons (Fsp3) is 0.583. The maximum absolute atomic E-state index is 12.1. The van der Waals surface area contributed by atoms with Gasteiger partial charge in [0.2, 0.25) is 0 Å². The number of carbonyl (C=O) groups excluding carboxylic acids is 1. The summed E-state index contributed by atoms with van der Waals surface area (Å²) in [5.41, 5.74) is 1.64. The van der Waals surface area contributed by atoms with Gasteiger partial charge in [-0.2, -0.15) is 0 Å². The number of aryl methyl sites for hydroxylation is 2. The van der Waals surface area contributed by atoms with Crippen molar-refractivity contribution in [2.45, 2.75) is 33.2 Å². The summed E-state index contributed by atoms with van der Waals surface area (Å²) in [4.78, 5) is 12.1. The van der Waals surface area contributed by atoms with E-state index in [4.69, 9.17) is 4.42 Å². The zero-order chi connectivity index (χ0) is 11.7. The second-order valence-corrected chi connectivity index (χ2v) is 4.38. The maximum atomic E-state index is 12.1. The molecule has 0 radical (unpaired) electrons. The van der Waals surface area contributed by atoms with E-state index in [2.05, 4.69) is 10.6 Å². The Labute approximate surface area is 95.4 Å². The first-order valence-electron chi connectivity index (χ1n) is 5.67. The molecule has 1 aliphatic rings. The van der Waals surface area contributed by atoms with Crippen LogP contribution < -0.4 is 10.6 Å². The van der Waals surface area contributed by atoms with Gasteiger partial charge >= 0.3 is 0 Å². The van der Waals surface area contributed by atoms with Crippen molar-refractivity contribution in [1.29, 1.82) is 0 Å². The van der Waals surface area contributed by atoms with Crippen molar-refractivity contribution in [3.63, 3.8) is 0 Å². The highest BCUT2D eigenvalue weighted by Crippen LogP contribution is 2.20. The Balaban J connectivity index is 2.13. The standard InChI is InChI=1S/C12H18N2O2/c1-7-8(2)16-9(3)11(7)12(15)14-10-4-5-13-6-10/h10,13H,4-6H2,1-3H3,(H,14,15)/t10-/m1/s1. The summed E-state index contributed by atoms with van der Waals surface area (Å²) in [5.74, 6) is 1.52. The van der Waals surface area contributed by atoms with Gasteiger partial charge in [-0.1, -0.05) is 0 Å². The van der Waals surface area contributed by atoms with Crippen molar-refractivity contribution in [1.82, 2.24) is 10.6 Å². The maximum Gasteiger partial charge on any atom is 0.255 e. The van der Waals surface area contributed by atoms with Crippen molar-refractivity contribution < 1.29 is 9.21 Å². The minimum atomic E-state index is -0.0134. The molecule has 16 heavy (non-hydrogen) atoms. The van der Waals surface area contributed by atoms with E-state index in [1.54, 1.807) is 0 Å². The van der Waals surface area contributed by atoms with Gasteiger partial charge in [0.15, 0.2) is 0 Å². The van der Waals surface area contributed by atoms with Crippen molar-refractivity contribution >= 4 is 5.91 Å². The summed E-state index contributed by atoms with van der Waals surface area (Å²) < 4.78 is 5.45. The van der Waals surface area contributed by atoms with Crippen LogP contribution >= 0.6 is 0 Å². The van der Waals surface area contributed by atoms with Gasteiger partial charge < -0.3 is 15.1 Å². The van der Waals surface area contributed by atoms with Crippen LogP contribution in [0.4, 0.5) is 0 Å². The predicted molar refractivity (Wildman–Crippen MR) is 61.7 cm³/mol. The van der Waals surface area contributed by atoms with Gasteiger partial charge in [0.05, 0.1) is 5.56 Å². The molecule has 2 rings (SSSR count). The third-order valence-corrected chi connectivity index (χ3v) is 3.18. The molecule has 1 aromatic rings. The summed E-state index contributed by atoms with van der Waals surface area (Å²) in [7, 11) is 0. The van der Waals surface area contributed by atoms with Crippen LogP contribution in [0.3, 0.4) is 0 Å². The minimum absolute atomic E-state index is 0.0134. The molecule has 1 atom stereocenters. The first kappa shape index (κ1) is 11.2. The van der Waals surface area contributed by atoms with E-state index in [1.807, 2.05) is 20.8 Å². The lowest BCUT2D eigenvalue weighted by Crippen LogP contribution is -2.36. The zero-order valence-electron chi connectivity index (χ0n) is 10.0. The van der Waals surface area contributed by atoms with Gasteiger partial charge in [0.1, 0.15) is 11.5 Å². The number of furan rings is 1. The van der Waals surface area contributed by atoms with Crippen LogP contribution in [0.25, 0.3) is 0 Å². The number of amides is 1. The molecule has 0 saturated carbocycles. The Kier molecular flexibility index (Phi) is 3.01.